The van der Waals surface area contributed by atoms with Crippen molar-refractivity contribution in [2.24, 2.45) is 32.9 Å². The lowest BCUT2D eigenvalue weighted by Gasteiger charge is -2.45. The van der Waals surface area contributed by atoms with E-state index < -0.39 is 116 Å². The lowest BCUT2D eigenvalue weighted by Crippen LogP contribution is -2.66. The number of nitrogens with two attached hydrogens (primary N) is 4. The Kier molecular flexibility index (Phi) is 10.5. The first kappa shape index (κ1) is 32.5. The highest BCUT2D eigenvalue weighted by atomic mass is 16.8. The predicted molar refractivity (Wildman–Crippen MR) is 134 cm³/mol. The molecule has 15 atom stereocenters. The number of ether oxygens (including phenoxy) is 4. The molecule has 17 N–H and O–H groups in total. The van der Waals surface area contributed by atoms with Crippen molar-refractivity contribution in [3.63, 3.8) is 0 Å². The minimum Gasteiger partial charge on any atom is -0.394 e. The molecule has 40 heavy (non-hydrogen) atoms. The molecule has 3 fully saturated rings. The molecule has 0 unspecified atom stereocenters. The molecule has 2 aliphatic heterocycles. The number of likely N-dealkylation sites (N-methyl/N-ethyl adjacent to an activating group) is 1. The molecular weight excluding hydrogens is 542 g/mol. The van der Waals surface area contributed by atoms with Crippen LogP contribution in [0.3, 0.4) is 0 Å². The fraction of sp³-hybridized carbons (Fsp3) is 0.905. The summed E-state index contributed by atoms with van der Waals surface area (Å²) in [5.74, 6) is -1.01. The fourth-order valence-electron chi connectivity index (χ4n) is 5.17. The number of nitrogens with zero attached hydrogens (tertiary/aromatic N) is 2. The highest BCUT2D eigenvalue weighted by Gasteiger charge is 2.60. The van der Waals surface area contributed by atoms with Gasteiger partial charge in [-0.15, -0.1) is 0 Å². The highest BCUT2D eigenvalue weighted by molar-refractivity contribution is 5.76. The Balaban J connectivity index is 1.96. The van der Waals surface area contributed by atoms with Crippen molar-refractivity contribution < 1.29 is 59.8 Å². The van der Waals surface area contributed by atoms with Crippen LogP contribution in [0.2, 0.25) is 0 Å². The molecule has 19 heteroatoms. The van der Waals surface area contributed by atoms with Gasteiger partial charge in [0, 0.05) is 0 Å². The van der Waals surface area contributed by atoms with Crippen LogP contribution in [0.1, 0.15) is 6.92 Å². The number of guanidine groups is 2. The Morgan fingerprint density at radius 3 is 1.95 bits per heavy atom. The zero-order valence-electron chi connectivity index (χ0n) is 21.9. The van der Waals surface area contributed by atoms with Gasteiger partial charge < -0.3 is 88.1 Å². The van der Waals surface area contributed by atoms with Gasteiger partial charge in [0.25, 0.3) is 0 Å². The van der Waals surface area contributed by atoms with E-state index in [1.54, 1.807) is 0 Å². The molecule has 3 rings (SSSR count). The summed E-state index contributed by atoms with van der Waals surface area (Å²) in [5.41, 5.74) is 19.7. The zero-order valence-corrected chi connectivity index (χ0v) is 21.9. The van der Waals surface area contributed by atoms with Crippen LogP contribution in [0.25, 0.3) is 0 Å². The van der Waals surface area contributed by atoms with Crippen molar-refractivity contribution in [3.05, 3.63) is 0 Å². The number of hydrogen-bond acceptors (Lipinski definition) is 15. The fourth-order valence-corrected chi connectivity index (χ4v) is 5.17. The summed E-state index contributed by atoms with van der Waals surface area (Å²) >= 11 is 0. The zero-order chi connectivity index (χ0) is 30.1. The van der Waals surface area contributed by atoms with Crippen LogP contribution in [-0.2, 0) is 18.9 Å². The minimum absolute atomic E-state index is 0.493. The van der Waals surface area contributed by atoms with Gasteiger partial charge in [0.2, 0.25) is 0 Å². The van der Waals surface area contributed by atoms with E-state index >= 15 is 0 Å². The SMILES string of the molecule is CN[C@@H]1[C@H](O[C@@H]2[C@H](O[C@@H]3[C@H](O)[C@H](O)[C@H](N=C(N)N)[C@H](O)[C@@H]3N=C(N)N)O[C@H](C)[C@]2(O)CO)O[C@H](CO)[C@@H](O)[C@H]1O. The van der Waals surface area contributed by atoms with E-state index in [9.17, 15) is 40.9 Å². The van der Waals surface area contributed by atoms with Crippen LogP contribution in [-0.4, -0.2) is 164 Å². The van der Waals surface area contributed by atoms with Crippen molar-refractivity contribution in [1.29, 1.82) is 0 Å². The Hall–Kier alpha value is -1.98. The molecule has 0 spiro atoms. The quantitative estimate of drug-likeness (QED) is 0.0884. The molecule has 1 saturated carbocycles. The van der Waals surface area contributed by atoms with E-state index in [1.807, 2.05) is 0 Å². The normalized spacial score (nSPS) is 47.5. The van der Waals surface area contributed by atoms with E-state index in [1.165, 1.54) is 14.0 Å². The minimum atomic E-state index is -2.15. The third-order valence-electron chi connectivity index (χ3n) is 7.49. The summed E-state index contributed by atoms with van der Waals surface area (Å²) in [6.07, 6.45) is -16.9. The molecule has 0 aromatic heterocycles. The maximum absolute atomic E-state index is 11.3. The Labute approximate surface area is 229 Å². The Morgan fingerprint density at radius 2 is 1.43 bits per heavy atom. The number of nitrogens with one attached hydrogen (secondary N) is 1. The lowest BCUT2D eigenvalue weighted by atomic mass is 9.81. The molecule has 3 aliphatic rings. The van der Waals surface area contributed by atoms with Gasteiger partial charge in [0.05, 0.1) is 25.4 Å². The first-order chi connectivity index (χ1) is 18.7. The molecule has 0 bridgehead atoms. The van der Waals surface area contributed by atoms with Gasteiger partial charge in [-0.1, -0.05) is 0 Å². The second-order valence-electron chi connectivity index (χ2n) is 10.0. The van der Waals surface area contributed by atoms with E-state index in [-0.39, 0.29) is 0 Å². The van der Waals surface area contributed by atoms with Gasteiger partial charge in [-0.3, -0.25) is 0 Å². The molecule has 19 nitrogen and oxygen atoms in total. The van der Waals surface area contributed by atoms with Crippen molar-refractivity contribution in [1.82, 2.24) is 5.32 Å². The van der Waals surface area contributed by atoms with Crippen LogP contribution >= 0.6 is 0 Å². The van der Waals surface area contributed by atoms with Crippen molar-refractivity contribution in [2.45, 2.75) is 98.2 Å². The Morgan fingerprint density at radius 1 is 0.825 bits per heavy atom. The molecule has 0 radical (unpaired) electrons. The van der Waals surface area contributed by atoms with Crippen LogP contribution in [0, 0.1) is 0 Å². The molecule has 0 aromatic carbocycles. The van der Waals surface area contributed by atoms with Crippen molar-refractivity contribution in [3.8, 4) is 0 Å². The summed E-state index contributed by atoms with van der Waals surface area (Å²) in [6.45, 7) is -0.199. The largest absolute Gasteiger partial charge is 0.394 e. The smallest absolute Gasteiger partial charge is 0.187 e. The van der Waals surface area contributed by atoms with E-state index in [2.05, 4.69) is 15.3 Å². The molecule has 2 heterocycles. The van der Waals surface area contributed by atoms with Crippen LogP contribution in [0.5, 0.6) is 0 Å². The maximum Gasteiger partial charge on any atom is 0.187 e. The molecule has 0 amide bonds. The van der Waals surface area contributed by atoms with Gasteiger partial charge in [-0.2, -0.15) is 0 Å². The first-order valence-corrected chi connectivity index (χ1v) is 12.5. The van der Waals surface area contributed by atoms with Gasteiger partial charge in [0.1, 0.15) is 66.5 Å². The molecule has 0 aromatic rings. The van der Waals surface area contributed by atoms with Gasteiger partial charge in [0.15, 0.2) is 24.5 Å². The number of aliphatic imine (C=N–C) groups is 2. The van der Waals surface area contributed by atoms with E-state index in [4.69, 9.17) is 41.9 Å². The average molecular weight is 584 g/mol. The molecule has 2 saturated heterocycles. The molecular formula is C21H41N7O12. The first-order valence-electron chi connectivity index (χ1n) is 12.5. The molecule has 1 aliphatic carbocycles. The number of aliphatic hydroxyl groups is 8. The van der Waals surface area contributed by atoms with Crippen molar-refractivity contribution >= 4 is 11.9 Å². The number of rotatable bonds is 9. The Bertz CT molecular complexity index is 911. The monoisotopic (exact) mass is 583 g/mol. The predicted octanol–water partition coefficient (Wildman–Crippen LogP) is -8.37. The third kappa shape index (κ3) is 6.11. The van der Waals surface area contributed by atoms with Gasteiger partial charge in [-0.05, 0) is 14.0 Å². The van der Waals surface area contributed by atoms with Gasteiger partial charge >= 0.3 is 0 Å². The standard InChI is InChI=1S/C21H41N7O12/c1-5-21(36,4-30)16(40-17-9(26-2)13(34)10(31)6(3-29)38-17)18(37-5)39-15-8(28-20(24)25)11(32)7(27-19(22)23)12(33)14(15)35/h5-18,26,29-36H,3-4H2,1-2H3,(H4,22,23,27)(H4,24,25,28)/t5-,6-,7-,8+,9+,10-,11+,12-,13+,14-,15+,16-,17+,18+,21-/m1/s1. The summed E-state index contributed by atoms with van der Waals surface area (Å²) in [5, 5.41) is 87.0. The number of aliphatic hydroxyl groups excluding tert-OH is 7. The van der Waals surface area contributed by atoms with Crippen LogP contribution < -0.4 is 28.3 Å². The third-order valence-corrected chi connectivity index (χ3v) is 7.49. The van der Waals surface area contributed by atoms with E-state index in [0.29, 0.717) is 0 Å². The van der Waals surface area contributed by atoms with E-state index in [0.717, 1.165) is 0 Å². The lowest BCUT2D eigenvalue weighted by molar-refractivity contribution is -0.317. The summed E-state index contributed by atoms with van der Waals surface area (Å²) in [7, 11) is 1.44. The summed E-state index contributed by atoms with van der Waals surface area (Å²) in [4.78, 5) is 7.66. The topological polar surface area (TPSA) is 340 Å². The summed E-state index contributed by atoms with van der Waals surface area (Å²) < 4.78 is 23.2. The van der Waals surface area contributed by atoms with Crippen LogP contribution in [0.4, 0.5) is 0 Å². The molecule has 232 valence electrons. The van der Waals surface area contributed by atoms with Crippen LogP contribution in [0.15, 0.2) is 9.98 Å². The highest BCUT2D eigenvalue weighted by Crippen LogP contribution is 2.39. The summed E-state index contributed by atoms with van der Waals surface area (Å²) in [6, 6.07) is -4.00. The second-order valence-corrected chi connectivity index (χ2v) is 10.0. The maximum atomic E-state index is 11.3. The van der Waals surface area contributed by atoms with Gasteiger partial charge in [-0.25, -0.2) is 9.98 Å². The number of hydrogen-bond donors (Lipinski definition) is 13. The second kappa shape index (κ2) is 12.9. The average Bonchev–Trinajstić information content (AvgIpc) is 3.13. The van der Waals surface area contributed by atoms with Crippen molar-refractivity contribution in [2.75, 3.05) is 20.3 Å².